The number of amides is 2. The van der Waals surface area contributed by atoms with Gasteiger partial charge in [0.25, 0.3) is 0 Å². The van der Waals surface area contributed by atoms with Crippen LogP contribution in [0.4, 0.5) is 0 Å². The molecule has 6 heteroatoms. The van der Waals surface area contributed by atoms with Crippen molar-refractivity contribution in [1.82, 2.24) is 15.5 Å². The van der Waals surface area contributed by atoms with E-state index in [9.17, 15) is 9.59 Å². The molecule has 1 aromatic carbocycles. The van der Waals surface area contributed by atoms with E-state index < -0.39 is 0 Å². The van der Waals surface area contributed by atoms with Crippen LogP contribution < -0.4 is 10.6 Å². The molecule has 22 heavy (non-hydrogen) atoms. The maximum absolute atomic E-state index is 11.9. The van der Waals surface area contributed by atoms with E-state index in [1.165, 1.54) is 6.08 Å². The highest BCUT2D eigenvalue weighted by atomic mass is 32.1. The highest BCUT2D eigenvalue weighted by Crippen LogP contribution is 2.09. The number of nitrogens with one attached hydrogen (secondary N) is 2. The van der Waals surface area contributed by atoms with Crippen molar-refractivity contribution >= 4 is 35.2 Å². The molecule has 5 nitrogen and oxygen atoms in total. The first-order valence-electron chi connectivity index (χ1n) is 7.24. The fourth-order valence-corrected chi connectivity index (χ4v) is 2.64. The van der Waals surface area contributed by atoms with Crippen molar-refractivity contribution in [3.63, 3.8) is 0 Å². The number of rotatable bonds is 3. The molecule has 0 bridgehead atoms. The van der Waals surface area contributed by atoms with Crippen molar-refractivity contribution < 1.29 is 9.59 Å². The molecular formula is C16H19N3O2S. The van der Waals surface area contributed by atoms with Crippen molar-refractivity contribution in [2.75, 3.05) is 13.1 Å². The number of piperazine rings is 1. The first kappa shape index (κ1) is 16.2. The molecule has 1 saturated heterocycles. The highest BCUT2D eigenvalue weighted by Gasteiger charge is 2.29. The van der Waals surface area contributed by atoms with Crippen molar-refractivity contribution in [2.45, 2.75) is 19.4 Å². The van der Waals surface area contributed by atoms with Crippen LogP contribution in [0.2, 0.25) is 0 Å². The van der Waals surface area contributed by atoms with E-state index in [1.807, 2.05) is 37.3 Å². The molecule has 1 aliphatic heterocycles. The largest absolute Gasteiger partial charge is 0.353 e. The van der Waals surface area contributed by atoms with Crippen LogP contribution in [-0.2, 0) is 9.59 Å². The lowest BCUT2D eigenvalue weighted by atomic mass is 10.1. The second-order valence-corrected chi connectivity index (χ2v) is 5.33. The van der Waals surface area contributed by atoms with Gasteiger partial charge in [-0.1, -0.05) is 37.3 Å². The lowest BCUT2D eigenvalue weighted by molar-refractivity contribution is -0.127. The zero-order chi connectivity index (χ0) is 15.9. The Morgan fingerprint density at radius 2 is 2.18 bits per heavy atom. The van der Waals surface area contributed by atoms with Gasteiger partial charge in [0, 0.05) is 19.2 Å². The van der Waals surface area contributed by atoms with Crippen LogP contribution in [0, 0.1) is 0 Å². The molecule has 0 spiro atoms. The minimum absolute atomic E-state index is 0.0508. The maximum atomic E-state index is 11.9. The molecular weight excluding hydrogens is 298 g/mol. The molecule has 1 unspecified atom stereocenters. The van der Waals surface area contributed by atoms with Crippen LogP contribution in [0.15, 0.2) is 36.4 Å². The van der Waals surface area contributed by atoms with Gasteiger partial charge < -0.3 is 10.2 Å². The topological polar surface area (TPSA) is 61.4 Å². The lowest BCUT2D eigenvalue weighted by Crippen LogP contribution is -2.59. The second kappa shape index (κ2) is 7.70. The summed E-state index contributed by atoms with van der Waals surface area (Å²) >= 11 is 5.26. The fraction of sp³-hybridized carbons (Fsp3) is 0.312. The first-order valence-corrected chi connectivity index (χ1v) is 7.65. The minimum atomic E-state index is -0.320. The molecule has 1 aromatic rings. The number of hydrogen-bond donors (Lipinski definition) is 2. The smallest absolute Gasteiger partial charge is 0.250 e. The summed E-state index contributed by atoms with van der Waals surface area (Å²) in [6.45, 7) is 3.05. The normalized spacial score (nSPS) is 18.1. The quantitative estimate of drug-likeness (QED) is 0.652. The molecule has 2 amide bonds. The number of benzene rings is 1. The number of thiocarbonyl (C=S) groups is 1. The molecule has 1 fully saturated rings. The Kier molecular flexibility index (Phi) is 5.66. The summed E-state index contributed by atoms with van der Waals surface area (Å²) in [6, 6.07) is 9.22. The van der Waals surface area contributed by atoms with E-state index in [0.717, 1.165) is 5.56 Å². The third kappa shape index (κ3) is 4.14. The monoisotopic (exact) mass is 317 g/mol. The number of nitrogens with zero attached hydrogens (tertiary/aromatic N) is 1. The zero-order valence-corrected chi connectivity index (χ0v) is 13.2. The Morgan fingerprint density at radius 3 is 2.86 bits per heavy atom. The Morgan fingerprint density at radius 1 is 1.45 bits per heavy atom. The Balaban J connectivity index is 1.94. The SMILES string of the molecule is CCC1C(=O)NCCN1C(=S)NC(=O)C=Cc1ccccc1. The summed E-state index contributed by atoms with van der Waals surface area (Å²) in [5.41, 5.74) is 0.937. The van der Waals surface area contributed by atoms with Gasteiger partial charge in [-0.3, -0.25) is 14.9 Å². The van der Waals surface area contributed by atoms with E-state index in [4.69, 9.17) is 12.2 Å². The molecule has 1 aliphatic rings. The number of carbonyl (C=O) groups is 2. The predicted octanol–water partition coefficient (Wildman–Crippen LogP) is 1.31. The highest BCUT2D eigenvalue weighted by molar-refractivity contribution is 7.80. The van der Waals surface area contributed by atoms with Crippen LogP contribution >= 0.6 is 12.2 Å². The summed E-state index contributed by atoms with van der Waals surface area (Å²) in [6.07, 6.45) is 3.80. The summed E-state index contributed by atoms with van der Waals surface area (Å²) in [5, 5.41) is 5.75. The molecule has 1 heterocycles. The van der Waals surface area contributed by atoms with Gasteiger partial charge >= 0.3 is 0 Å². The second-order valence-electron chi connectivity index (χ2n) is 4.95. The van der Waals surface area contributed by atoms with E-state index in [2.05, 4.69) is 10.6 Å². The molecule has 2 rings (SSSR count). The molecule has 0 radical (unpaired) electrons. The van der Waals surface area contributed by atoms with Crippen molar-refractivity contribution in [3.05, 3.63) is 42.0 Å². The first-order chi connectivity index (χ1) is 10.6. The fourth-order valence-electron chi connectivity index (χ4n) is 2.32. The van der Waals surface area contributed by atoms with E-state index >= 15 is 0 Å². The Labute approximate surface area is 135 Å². The predicted molar refractivity (Wildman–Crippen MR) is 90.0 cm³/mol. The van der Waals surface area contributed by atoms with Gasteiger partial charge in [-0.05, 0) is 30.3 Å². The average Bonchev–Trinajstić information content (AvgIpc) is 2.53. The van der Waals surface area contributed by atoms with Gasteiger partial charge in [0.2, 0.25) is 11.8 Å². The van der Waals surface area contributed by atoms with E-state index in [1.54, 1.807) is 11.0 Å². The van der Waals surface area contributed by atoms with Gasteiger partial charge in [0.05, 0.1) is 0 Å². The van der Waals surface area contributed by atoms with Crippen LogP contribution in [0.25, 0.3) is 6.08 Å². The molecule has 1 atom stereocenters. The zero-order valence-electron chi connectivity index (χ0n) is 12.4. The van der Waals surface area contributed by atoms with Crippen LogP contribution in [0.1, 0.15) is 18.9 Å². The molecule has 0 saturated carbocycles. The van der Waals surface area contributed by atoms with Crippen molar-refractivity contribution in [3.8, 4) is 0 Å². The van der Waals surface area contributed by atoms with Crippen molar-refractivity contribution in [2.24, 2.45) is 0 Å². The standard InChI is InChI=1S/C16H19N3O2S/c1-2-13-15(21)17-10-11-19(13)16(22)18-14(20)9-8-12-6-4-3-5-7-12/h3-9,13H,2,10-11H2,1H3,(H,17,21)(H,18,20,22). The molecule has 2 N–H and O–H groups in total. The average molecular weight is 317 g/mol. The summed E-state index contributed by atoms with van der Waals surface area (Å²) in [7, 11) is 0. The van der Waals surface area contributed by atoms with Crippen LogP contribution in [0.5, 0.6) is 0 Å². The molecule has 0 aromatic heterocycles. The number of hydrogen-bond acceptors (Lipinski definition) is 3. The molecule has 116 valence electrons. The van der Waals surface area contributed by atoms with Gasteiger partial charge in [-0.15, -0.1) is 0 Å². The van der Waals surface area contributed by atoms with Gasteiger partial charge in [-0.2, -0.15) is 0 Å². The summed E-state index contributed by atoms with van der Waals surface area (Å²) in [5.74, 6) is -0.347. The summed E-state index contributed by atoms with van der Waals surface area (Å²) < 4.78 is 0. The van der Waals surface area contributed by atoms with Gasteiger partial charge in [0.1, 0.15) is 6.04 Å². The van der Waals surface area contributed by atoms with E-state index in [-0.39, 0.29) is 17.9 Å². The Hall–Kier alpha value is -2.21. The lowest BCUT2D eigenvalue weighted by Gasteiger charge is -2.36. The third-order valence-electron chi connectivity index (χ3n) is 3.44. The minimum Gasteiger partial charge on any atom is -0.353 e. The van der Waals surface area contributed by atoms with Crippen molar-refractivity contribution in [1.29, 1.82) is 0 Å². The number of carbonyl (C=O) groups excluding carboxylic acids is 2. The van der Waals surface area contributed by atoms with Crippen LogP contribution in [-0.4, -0.2) is 41.0 Å². The van der Waals surface area contributed by atoms with Gasteiger partial charge in [-0.25, -0.2) is 0 Å². The van der Waals surface area contributed by atoms with Crippen LogP contribution in [0.3, 0.4) is 0 Å². The summed E-state index contributed by atoms with van der Waals surface area (Å²) in [4.78, 5) is 25.5. The van der Waals surface area contributed by atoms with Gasteiger partial charge in [0.15, 0.2) is 5.11 Å². The third-order valence-corrected chi connectivity index (χ3v) is 3.77. The Bertz CT molecular complexity index is 586. The van der Waals surface area contributed by atoms with E-state index in [0.29, 0.717) is 24.6 Å². The molecule has 0 aliphatic carbocycles. The maximum Gasteiger partial charge on any atom is 0.250 e.